The third-order valence-corrected chi connectivity index (χ3v) is 3.98. The van der Waals surface area contributed by atoms with Crippen LogP contribution in [-0.2, 0) is 0 Å². The topological polar surface area (TPSA) is 58.4 Å². The van der Waals surface area contributed by atoms with Crippen molar-refractivity contribution in [1.29, 1.82) is 0 Å². The van der Waals surface area contributed by atoms with E-state index in [9.17, 15) is 13.2 Å². The normalized spacial score (nSPS) is 23.9. The minimum absolute atomic E-state index is 0.0645. The second-order valence-electron chi connectivity index (χ2n) is 5.65. The van der Waals surface area contributed by atoms with E-state index in [4.69, 9.17) is 0 Å². The molecule has 2 atom stereocenters. The highest BCUT2D eigenvalue weighted by molar-refractivity contribution is 5.44. The van der Waals surface area contributed by atoms with Crippen LogP contribution in [0.3, 0.4) is 0 Å². The van der Waals surface area contributed by atoms with E-state index in [-0.39, 0.29) is 12.5 Å². The third-order valence-electron chi connectivity index (χ3n) is 3.98. The molecular weight excluding hydrogens is 297 g/mol. The monoisotopic (exact) mass is 314 g/mol. The van der Waals surface area contributed by atoms with Crippen LogP contribution in [0.1, 0.15) is 18.7 Å². The van der Waals surface area contributed by atoms with E-state index in [1.807, 2.05) is 0 Å². The summed E-state index contributed by atoms with van der Waals surface area (Å²) in [5.74, 6) is 1.27. The molecule has 1 N–H and O–H groups in total. The maximum atomic E-state index is 12.8. The molecule has 0 aliphatic carbocycles. The summed E-state index contributed by atoms with van der Waals surface area (Å²) >= 11 is 0. The molecule has 1 aliphatic heterocycles. The Hall–Kier alpha value is -1.90. The highest BCUT2D eigenvalue weighted by atomic mass is 19.4. The van der Waals surface area contributed by atoms with Crippen molar-refractivity contribution in [3.63, 3.8) is 0 Å². The predicted molar refractivity (Wildman–Crippen MR) is 74.6 cm³/mol. The Kier molecular flexibility index (Phi) is 3.67. The van der Waals surface area contributed by atoms with Gasteiger partial charge in [0.15, 0.2) is 11.5 Å². The van der Waals surface area contributed by atoms with Gasteiger partial charge in [-0.05, 0) is 38.9 Å². The van der Waals surface area contributed by atoms with Crippen LogP contribution in [0.2, 0.25) is 0 Å². The highest BCUT2D eigenvalue weighted by Gasteiger charge is 2.44. The fourth-order valence-electron chi connectivity index (χ4n) is 2.86. The standard InChI is InChI=1S/C13H17F3N6/c1-8-18-19-12-6-5-11(20-22(8)12)17-9-3-4-10(13(14,15)16)21(2)7-9/h5-6,9-10H,3-4,7H2,1-2H3,(H,17,20)/t9-,10-/m1/s1. The summed E-state index contributed by atoms with van der Waals surface area (Å²) in [6, 6.07) is 2.12. The highest BCUT2D eigenvalue weighted by Crippen LogP contribution is 2.31. The number of piperidine rings is 1. The lowest BCUT2D eigenvalue weighted by molar-refractivity contribution is -0.187. The van der Waals surface area contributed by atoms with Crippen molar-refractivity contribution in [3.8, 4) is 0 Å². The second kappa shape index (κ2) is 5.38. The van der Waals surface area contributed by atoms with Crippen LogP contribution in [0.15, 0.2) is 12.1 Å². The SMILES string of the molecule is Cc1nnc2ccc(N[C@@H]3CC[C@H](C(F)(F)F)N(C)C3)nn12. The number of nitrogens with zero attached hydrogens (tertiary/aromatic N) is 5. The molecule has 9 heteroatoms. The van der Waals surface area contributed by atoms with Gasteiger partial charge in [0.2, 0.25) is 0 Å². The minimum Gasteiger partial charge on any atom is -0.365 e. The average Bonchev–Trinajstić information content (AvgIpc) is 2.79. The van der Waals surface area contributed by atoms with Crippen LogP contribution in [0.25, 0.3) is 5.65 Å². The Balaban J connectivity index is 1.69. The third kappa shape index (κ3) is 2.85. The van der Waals surface area contributed by atoms with Crippen LogP contribution in [0.4, 0.5) is 19.0 Å². The Morgan fingerprint density at radius 2 is 2.00 bits per heavy atom. The smallest absolute Gasteiger partial charge is 0.365 e. The molecule has 0 aromatic carbocycles. The summed E-state index contributed by atoms with van der Waals surface area (Å²) in [7, 11) is 1.51. The molecule has 0 saturated carbocycles. The zero-order valence-electron chi connectivity index (χ0n) is 12.3. The number of nitrogens with one attached hydrogen (secondary N) is 1. The molecule has 0 amide bonds. The molecule has 22 heavy (non-hydrogen) atoms. The van der Waals surface area contributed by atoms with Gasteiger partial charge in [0, 0.05) is 12.6 Å². The Labute approximate surface area is 125 Å². The molecule has 120 valence electrons. The van der Waals surface area contributed by atoms with E-state index in [1.165, 1.54) is 11.9 Å². The number of fused-ring (bicyclic) bond motifs is 1. The maximum Gasteiger partial charge on any atom is 0.404 e. The molecule has 1 fully saturated rings. The first-order chi connectivity index (χ1) is 10.3. The van der Waals surface area contributed by atoms with Crippen LogP contribution in [-0.4, -0.2) is 56.6 Å². The average molecular weight is 314 g/mol. The molecule has 3 rings (SSSR count). The van der Waals surface area contributed by atoms with Crippen LogP contribution in [0.5, 0.6) is 0 Å². The number of anilines is 1. The molecular formula is C13H17F3N6. The number of likely N-dealkylation sites (N-methyl/N-ethyl adjacent to an activating group) is 1. The van der Waals surface area contributed by atoms with Gasteiger partial charge in [-0.25, -0.2) is 0 Å². The number of likely N-dealkylation sites (tertiary alicyclic amines) is 1. The Bertz CT molecular complexity index is 667. The number of aryl methyl sites for hydroxylation is 1. The van der Waals surface area contributed by atoms with Gasteiger partial charge in [-0.15, -0.1) is 15.3 Å². The number of aromatic nitrogens is 4. The summed E-state index contributed by atoms with van der Waals surface area (Å²) in [6.07, 6.45) is -3.63. The van der Waals surface area contributed by atoms with Gasteiger partial charge in [-0.2, -0.15) is 17.7 Å². The summed E-state index contributed by atoms with van der Waals surface area (Å²) in [4.78, 5) is 1.35. The quantitative estimate of drug-likeness (QED) is 0.917. The summed E-state index contributed by atoms with van der Waals surface area (Å²) in [5.41, 5.74) is 0.640. The van der Waals surface area contributed by atoms with Crippen molar-refractivity contribution in [2.75, 3.05) is 18.9 Å². The van der Waals surface area contributed by atoms with Gasteiger partial charge in [0.05, 0.1) is 0 Å². The summed E-state index contributed by atoms with van der Waals surface area (Å²) in [6.45, 7) is 2.12. The first-order valence-electron chi connectivity index (χ1n) is 7.07. The fraction of sp³-hybridized carbons (Fsp3) is 0.615. The lowest BCUT2D eigenvalue weighted by Gasteiger charge is -2.38. The van der Waals surface area contributed by atoms with Gasteiger partial charge in [-0.1, -0.05) is 0 Å². The lowest BCUT2D eigenvalue weighted by Crippen LogP contribution is -2.52. The molecule has 0 spiro atoms. The Morgan fingerprint density at radius 1 is 1.23 bits per heavy atom. The first-order valence-corrected chi connectivity index (χ1v) is 7.07. The molecule has 0 radical (unpaired) electrons. The van der Waals surface area contributed by atoms with Gasteiger partial charge >= 0.3 is 6.18 Å². The number of halogens is 3. The molecule has 2 aromatic heterocycles. The van der Waals surface area contributed by atoms with E-state index in [0.29, 0.717) is 30.3 Å². The van der Waals surface area contributed by atoms with Crippen molar-refractivity contribution in [1.82, 2.24) is 24.7 Å². The van der Waals surface area contributed by atoms with E-state index < -0.39 is 12.2 Å². The fourth-order valence-corrected chi connectivity index (χ4v) is 2.86. The van der Waals surface area contributed by atoms with Gasteiger partial charge in [0.1, 0.15) is 11.9 Å². The minimum atomic E-state index is -4.17. The molecule has 3 heterocycles. The molecule has 1 aliphatic rings. The zero-order chi connectivity index (χ0) is 15.9. The number of hydrogen-bond acceptors (Lipinski definition) is 5. The second-order valence-corrected chi connectivity index (χ2v) is 5.65. The van der Waals surface area contributed by atoms with Crippen LogP contribution < -0.4 is 5.32 Å². The number of hydrogen-bond donors (Lipinski definition) is 1. The number of rotatable bonds is 2. The van der Waals surface area contributed by atoms with E-state index in [2.05, 4.69) is 20.6 Å². The summed E-state index contributed by atoms with van der Waals surface area (Å²) < 4.78 is 40.1. The van der Waals surface area contributed by atoms with Crippen LogP contribution >= 0.6 is 0 Å². The predicted octanol–water partition coefficient (Wildman–Crippen LogP) is 1.87. The maximum absolute atomic E-state index is 12.8. The van der Waals surface area contributed by atoms with Gasteiger partial charge in [0.25, 0.3) is 0 Å². The van der Waals surface area contributed by atoms with Crippen molar-refractivity contribution in [2.24, 2.45) is 0 Å². The molecule has 1 saturated heterocycles. The van der Waals surface area contributed by atoms with Crippen molar-refractivity contribution >= 4 is 11.5 Å². The van der Waals surface area contributed by atoms with E-state index in [0.717, 1.165) is 0 Å². The summed E-state index contributed by atoms with van der Waals surface area (Å²) in [5, 5.41) is 15.4. The van der Waals surface area contributed by atoms with Gasteiger partial charge < -0.3 is 5.32 Å². The zero-order valence-corrected chi connectivity index (χ0v) is 12.3. The number of alkyl halides is 3. The van der Waals surface area contributed by atoms with Crippen molar-refractivity contribution < 1.29 is 13.2 Å². The van der Waals surface area contributed by atoms with Crippen LogP contribution in [0, 0.1) is 6.92 Å². The van der Waals surface area contributed by atoms with E-state index >= 15 is 0 Å². The van der Waals surface area contributed by atoms with Crippen molar-refractivity contribution in [2.45, 2.75) is 38.0 Å². The van der Waals surface area contributed by atoms with Crippen molar-refractivity contribution in [3.05, 3.63) is 18.0 Å². The molecule has 2 aromatic rings. The van der Waals surface area contributed by atoms with E-state index in [1.54, 1.807) is 23.6 Å². The lowest BCUT2D eigenvalue weighted by atomic mass is 9.98. The van der Waals surface area contributed by atoms with Gasteiger partial charge in [-0.3, -0.25) is 4.90 Å². The largest absolute Gasteiger partial charge is 0.404 e. The molecule has 0 unspecified atom stereocenters. The molecule has 0 bridgehead atoms. The first kappa shape index (κ1) is 15.0. The Morgan fingerprint density at radius 3 is 2.68 bits per heavy atom. The molecule has 6 nitrogen and oxygen atoms in total.